The SMILES string of the molecule is CCCCCCCCCCCCCCCCCCCCCC(=O)OC(COC(=O)CCCCCCCCCC)COP(=O)([O-])OCC[N+](C)(C)C. The zero-order valence-corrected chi connectivity index (χ0v) is 35.0. The van der Waals surface area contributed by atoms with E-state index in [0.29, 0.717) is 17.4 Å². The van der Waals surface area contributed by atoms with E-state index >= 15 is 0 Å². The van der Waals surface area contributed by atoms with Crippen LogP contribution in [0.25, 0.3) is 0 Å². The van der Waals surface area contributed by atoms with Gasteiger partial charge in [-0.3, -0.25) is 14.2 Å². The molecule has 0 rings (SSSR count). The second kappa shape index (κ2) is 34.8. The highest BCUT2D eigenvalue weighted by Crippen LogP contribution is 2.38. The molecule has 0 aromatic heterocycles. The molecule has 0 aliphatic rings. The molecule has 0 aliphatic heterocycles. The minimum absolute atomic E-state index is 0.0261. The summed E-state index contributed by atoms with van der Waals surface area (Å²) in [6.45, 7) is 4.22. The molecular weight excluding hydrogens is 665 g/mol. The van der Waals surface area contributed by atoms with Crippen molar-refractivity contribution in [2.45, 2.75) is 206 Å². The maximum atomic E-state index is 12.6. The lowest BCUT2D eigenvalue weighted by Gasteiger charge is -2.28. The van der Waals surface area contributed by atoms with Gasteiger partial charge < -0.3 is 27.9 Å². The first-order valence-corrected chi connectivity index (χ1v) is 22.7. The highest BCUT2D eigenvalue weighted by molar-refractivity contribution is 7.45. The molecule has 51 heavy (non-hydrogen) atoms. The largest absolute Gasteiger partial charge is 0.756 e. The molecule has 0 radical (unpaired) electrons. The molecule has 0 saturated heterocycles. The van der Waals surface area contributed by atoms with Crippen LogP contribution in [0.2, 0.25) is 0 Å². The molecule has 0 aromatic carbocycles. The summed E-state index contributed by atoms with van der Waals surface area (Å²) in [6, 6.07) is 0. The Morgan fingerprint density at radius 1 is 0.529 bits per heavy atom. The van der Waals surface area contributed by atoms with Crippen LogP contribution in [-0.2, 0) is 32.7 Å². The number of likely N-dealkylation sites (N-methyl/N-ethyl adjacent to an activating group) is 1. The second-order valence-corrected chi connectivity index (χ2v) is 17.1. The van der Waals surface area contributed by atoms with E-state index in [2.05, 4.69) is 13.8 Å². The van der Waals surface area contributed by atoms with Gasteiger partial charge in [-0.25, -0.2) is 0 Å². The van der Waals surface area contributed by atoms with Crippen molar-refractivity contribution in [2.75, 3.05) is 47.5 Å². The van der Waals surface area contributed by atoms with Crippen LogP contribution in [0.5, 0.6) is 0 Å². The Morgan fingerprint density at radius 3 is 1.25 bits per heavy atom. The van der Waals surface area contributed by atoms with Crippen molar-refractivity contribution in [1.29, 1.82) is 0 Å². The molecule has 304 valence electrons. The first-order chi connectivity index (χ1) is 24.5. The molecule has 0 bridgehead atoms. The van der Waals surface area contributed by atoms with Gasteiger partial charge in [-0.1, -0.05) is 174 Å². The van der Waals surface area contributed by atoms with Crippen molar-refractivity contribution in [2.24, 2.45) is 0 Å². The van der Waals surface area contributed by atoms with E-state index in [4.69, 9.17) is 18.5 Å². The standard InChI is InChI=1S/C41H82NO8P/c1-6-8-10-12-14-16-17-18-19-20-21-22-23-24-25-26-28-30-32-34-41(44)50-39(38-49-51(45,46)48-36-35-42(3,4)5)37-47-40(43)33-31-29-27-15-13-11-9-7-2/h39H,6-38H2,1-5H3. The number of nitrogens with zero attached hydrogens (tertiary/aromatic N) is 1. The summed E-state index contributed by atoms with van der Waals surface area (Å²) in [5.74, 6) is -0.827. The third-order valence-corrected chi connectivity index (χ3v) is 10.3. The predicted molar refractivity (Wildman–Crippen MR) is 208 cm³/mol. The fourth-order valence-electron chi connectivity index (χ4n) is 6.01. The summed E-state index contributed by atoms with van der Waals surface area (Å²) >= 11 is 0. The van der Waals surface area contributed by atoms with Gasteiger partial charge in [0.05, 0.1) is 27.7 Å². The number of phosphoric ester groups is 1. The summed E-state index contributed by atoms with van der Waals surface area (Å²) in [5, 5.41) is 0. The molecule has 2 unspecified atom stereocenters. The van der Waals surface area contributed by atoms with Crippen LogP contribution in [-0.4, -0.2) is 70.0 Å². The van der Waals surface area contributed by atoms with Gasteiger partial charge in [0.2, 0.25) is 0 Å². The number of ether oxygens (including phenoxy) is 2. The van der Waals surface area contributed by atoms with Crippen molar-refractivity contribution in [3.63, 3.8) is 0 Å². The maximum Gasteiger partial charge on any atom is 0.306 e. The van der Waals surface area contributed by atoms with Crippen LogP contribution in [0.15, 0.2) is 0 Å². The van der Waals surface area contributed by atoms with E-state index in [-0.39, 0.29) is 32.0 Å². The summed E-state index contributed by atoms with van der Waals surface area (Å²) in [7, 11) is 1.18. The monoisotopic (exact) mass is 748 g/mol. The van der Waals surface area contributed by atoms with Gasteiger partial charge in [0.15, 0.2) is 6.10 Å². The predicted octanol–water partition coefficient (Wildman–Crippen LogP) is 11.0. The number of hydrogen-bond acceptors (Lipinski definition) is 8. The van der Waals surface area contributed by atoms with Crippen LogP contribution < -0.4 is 4.89 Å². The van der Waals surface area contributed by atoms with Crippen molar-refractivity contribution in [1.82, 2.24) is 0 Å². The van der Waals surface area contributed by atoms with Crippen LogP contribution in [0.3, 0.4) is 0 Å². The van der Waals surface area contributed by atoms with E-state index in [1.807, 2.05) is 21.1 Å². The molecule has 0 saturated carbocycles. The van der Waals surface area contributed by atoms with E-state index < -0.39 is 26.5 Å². The van der Waals surface area contributed by atoms with Gasteiger partial charge in [-0.05, 0) is 12.8 Å². The van der Waals surface area contributed by atoms with E-state index in [1.54, 1.807) is 0 Å². The van der Waals surface area contributed by atoms with Crippen molar-refractivity contribution < 1.29 is 42.1 Å². The first kappa shape index (κ1) is 50.0. The minimum Gasteiger partial charge on any atom is -0.756 e. The van der Waals surface area contributed by atoms with Gasteiger partial charge in [0, 0.05) is 12.8 Å². The van der Waals surface area contributed by atoms with E-state index in [1.165, 1.54) is 135 Å². The number of esters is 2. The third kappa shape index (κ3) is 38.5. The lowest BCUT2D eigenvalue weighted by Crippen LogP contribution is -2.37. The minimum atomic E-state index is -4.61. The number of phosphoric acid groups is 1. The smallest absolute Gasteiger partial charge is 0.306 e. The number of carbonyl (C=O) groups excluding carboxylic acids is 2. The Kier molecular flexibility index (Phi) is 34.1. The number of rotatable bonds is 39. The van der Waals surface area contributed by atoms with Gasteiger partial charge in [-0.15, -0.1) is 0 Å². The number of quaternary nitrogens is 1. The van der Waals surface area contributed by atoms with Crippen molar-refractivity contribution in [3.05, 3.63) is 0 Å². The molecule has 9 nitrogen and oxygen atoms in total. The lowest BCUT2D eigenvalue weighted by molar-refractivity contribution is -0.870. The molecular formula is C41H82NO8P. The van der Waals surface area contributed by atoms with Gasteiger partial charge in [0.1, 0.15) is 19.8 Å². The Balaban J connectivity index is 4.23. The highest BCUT2D eigenvalue weighted by Gasteiger charge is 2.21. The van der Waals surface area contributed by atoms with E-state index in [9.17, 15) is 19.0 Å². The topological polar surface area (TPSA) is 111 Å². The van der Waals surface area contributed by atoms with Crippen molar-refractivity contribution >= 4 is 19.8 Å². The van der Waals surface area contributed by atoms with E-state index in [0.717, 1.165) is 32.1 Å². The van der Waals surface area contributed by atoms with Gasteiger partial charge >= 0.3 is 11.9 Å². The Labute approximate surface area is 314 Å². The zero-order valence-electron chi connectivity index (χ0n) is 34.1. The molecule has 0 fully saturated rings. The molecule has 0 aromatic rings. The van der Waals surface area contributed by atoms with Crippen LogP contribution in [0.1, 0.15) is 200 Å². The molecule has 0 heterocycles. The number of hydrogen-bond donors (Lipinski definition) is 0. The lowest BCUT2D eigenvalue weighted by atomic mass is 10.0. The Bertz CT molecular complexity index is 850. The number of carbonyl (C=O) groups is 2. The van der Waals surface area contributed by atoms with Crippen LogP contribution in [0, 0.1) is 0 Å². The molecule has 0 amide bonds. The average molecular weight is 748 g/mol. The van der Waals surface area contributed by atoms with Crippen LogP contribution in [0.4, 0.5) is 0 Å². The third-order valence-electron chi connectivity index (χ3n) is 9.38. The summed E-state index contributed by atoms with van der Waals surface area (Å²) in [5.41, 5.74) is 0. The highest BCUT2D eigenvalue weighted by atomic mass is 31.2. The number of unbranched alkanes of at least 4 members (excludes halogenated alkanes) is 25. The Morgan fingerprint density at radius 2 is 0.882 bits per heavy atom. The average Bonchev–Trinajstić information content (AvgIpc) is 3.07. The fraction of sp³-hybridized carbons (Fsp3) is 0.951. The summed E-state index contributed by atoms with van der Waals surface area (Å²) in [6.07, 6.45) is 32.8. The van der Waals surface area contributed by atoms with Crippen LogP contribution >= 0.6 is 7.82 Å². The first-order valence-electron chi connectivity index (χ1n) is 21.2. The normalized spacial score (nSPS) is 13.6. The molecule has 0 aliphatic carbocycles. The second-order valence-electron chi connectivity index (χ2n) is 15.7. The van der Waals surface area contributed by atoms with Crippen molar-refractivity contribution in [3.8, 4) is 0 Å². The maximum absolute atomic E-state index is 12.6. The molecule has 2 atom stereocenters. The van der Waals surface area contributed by atoms with Gasteiger partial charge in [0.25, 0.3) is 7.82 Å². The molecule has 0 N–H and O–H groups in total. The summed E-state index contributed by atoms with van der Waals surface area (Å²) in [4.78, 5) is 37.3. The molecule has 10 heteroatoms. The zero-order chi connectivity index (χ0) is 37.9. The molecule has 0 spiro atoms. The quantitative estimate of drug-likeness (QED) is 0.0264. The van der Waals surface area contributed by atoms with Gasteiger partial charge in [-0.2, -0.15) is 0 Å². The fourth-order valence-corrected chi connectivity index (χ4v) is 6.74. The summed E-state index contributed by atoms with van der Waals surface area (Å²) < 4.78 is 33.8. The Hall–Kier alpha value is -0.990.